The minimum atomic E-state index is 0.355. The third-order valence-corrected chi connectivity index (χ3v) is 4.09. The molecule has 102 valence electrons. The van der Waals surface area contributed by atoms with Gasteiger partial charge in [0.05, 0.1) is 11.6 Å². The van der Waals surface area contributed by atoms with Gasteiger partial charge in [-0.15, -0.1) is 0 Å². The Morgan fingerprint density at radius 3 is 2.50 bits per heavy atom. The molecule has 0 aromatic heterocycles. The molecule has 1 aromatic carbocycles. The highest BCUT2D eigenvalue weighted by Gasteiger charge is 2.19. The first kappa shape index (κ1) is 15.5. The molecule has 0 fully saturated rings. The fourth-order valence-corrected chi connectivity index (χ4v) is 2.15. The predicted molar refractivity (Wildman–Crippen MR) is 81.0 cm³/mol. The normalized spacial score (nSPS) is 13.4. The van der Waals surface area contributed by atoms with Crippen LogP contribution in [-0.4, -0.2) is 13.7 Å². The van der Waals surface area contributed by atoms with E-state index >= 15 is 0 Å². The lowest BCUT2D eigenvalue weighted by molar-refractivity contribution is 0.252. The van der Waals surface area contributed by atoms with E-state index < -0.39 is 0 Å². The Balaban J connectivity index is 2.47. The Bertz CT molecular complexity index is 385. The average molecular weight is 314 g/mol. The molecular weight excluding hydrogens is 290 g/mol. The first-order valence-corrected chi connectivity index (χ1v) is 7.17. The fourth-order valence-electron chi connectivity index (χ4n) is 1.56. The van der Waals surface area contributed by atoms with Crippen molar-refractivity contribution in [3.8, 4) is 5.75 Å². The Morgan fingerprint density at radius 1 is 1.33 bits per heavy atom. The number of methoxy groups -OCH3 is 1. The summed E-state index contributed by atoms with van der Waals surface area (Å²) in [5.41, 5.74) is 1.62. The average Bonchev–Trinajstić information content (AvgIpc) is 2.28. The lowest BCUT2D eigenvalue weighted by atomic mass is 9.82. The molecule has 1 unspecified atom stereocenters. The summed E-state index contributed by atoms with van der Waals surface area (Å²) in [6.45, 7) is 11.1. The van der Waals surface area contributed by atoms with Gasteiger partial charge in [-0.1, -0.05) is 33.8 Å². The minimum Gasteiger partial charge on any atom is -0.496 e. The first-order chi connectivity index (χ1) is 8.34. The Labute approximate surface area is 119 Å². The second-order valence-electron chi connectivity index (χ2n) is 5.87. The zero-order valence-electron chi connectivity index (χ0n) is 12.0. The number of hydrogen-bond acceptors (Lipinski definition) is 2. The number of ether oxygens (including phenoxy) is 1. The third kappa shape index (κ3) is 4.62. The van der Waals surface area contributed by atoms with Crippen molar-refractivity contribution in [2.45, 2.75) is 34.2 Å². The quantitative estimate of drug-likeness (QED) is 0.878. The molecule has 0 heterocycles. The van der Waals surface area contributed by atoms with E-state index in [0.29, 0.717) is 11.3 Å². The van der Waals surface area contributed by atoms with E-state index in [1.165, 1.54) is 5.56 Å². The standard InChI is InChI=1S/C15H24BrNO/c1-11(15(2,3)4)9-17-10-12-6-7-14(18-5)13(16)8-12/h6-8,11,17H,9-10H2,1-5H3. The number of rotatable bonds is 5. The van der Waals surface area contributed by atoms with Gasteiger partial charge < -0.3 is 10.1 Å². The number of benzene rings is 1. The monoisotopic (exact) mass is 313 g/mol. The third-order valence-electron chi connectivity index (χ3n) is 3.47. The summed E-state index contributed by atoms with van der Waals surface area (Å²) in [5, 5.41) is 3.51. The summed E-state index contributed by atoms with van der Waals surface area (Å²) in [4.78, 5) is 0. The maximum Gasteiger partial charge on any atom is 0.133 e. The van der Waals surface area contributed by atoms with Gasteiger partial charge in [-0.05, 0) is 51.5 Å². The highest BCUT2D eigenvalue weighted by molar-refractivity contribution is 9.10. The molecule has 1 aromatic rings. The van der Waals surface area contributed by atoms with Crippen molar-refractivity contribution in [3.05, 3.63) is 28.2 Å². The molecule has 1 atom stereocenters. The largest absolute Gasteiger partial charge is 0.496 e. The molecule has 18 heavy (non-hydrogen) atoms. The van der Waals surface area contributed by atoms with Crippen LogP contribution < -0.4 is 10.1 Å². The van der Waals surface area contributed by atoms with Crippen LogP contribution >= 0.6 is 15.9 Å². The number of halogens is 1. The Hall–Kier alpha value is -0.540. The van der Waals surface area contributed by atoms with Gasteiger partial charge in [0.15, 0.2) is 0 Å². The lowest BCUT2D eigenvalue weighted by Crippen LogP contribution is -2.29. The molecule has 0 spiro atoms. The van der Waals surface area contributed by atoms with Crippen LogP contribution in [0.5, 0.6) is 5.75 Å². The summed E-state index contributed by atoms with van der Waals surface area (Å²) >= 11 is 3.51. The number of nitrogens with one attached hydrogen (secondary N) is 1. The highest BCUT2D eigenvalue weighted by Crippen LogP contribution is 2.26. The molecule has 0 amide bonds. The molecule has 0 bridgehead atoms. The van der Waals surface area contributed by atoms with Gasteiger partial charge in [0.1, 0.15) is 5.75 Å². The van der Waals surface area contributed by atoms with Gasteiger partial charge in [-0.25, -0.2) is 0 Å². The molecule has 0 aliphatic rings. The van der Waals surface area contributed by atoms with Crippen molar-refractivity contribution in [2.24, 2.45) is 11.3 Å². The van der Waals surface area contributed by atoms with Crippen LogP contribution in [0.1, 0.15) is 33.3 Å². The second kappa shape index (κ2) is 6.58. The summed E-state index contributed by atoms with van der Waals surface area (Å²) in [7, 11) is 1.68. The summed E-state index contributed by atoms with van der Waals surface area (Å²) in [6, 6.07) is 6.19. The van der Waals surface area contributed by atoms with E-state index in [4.69, 9.17) is 4.74 Å². The van der Waals surface area contributed by atoms with Crippen molar-refractivity contribution in [1.82, 2.24) is 5.32 Å². The van der Waals surface area contributed by atoms with Gasteiger partial charge in [-0.2, -0.15) is 0 Å². The summed E-state index contributed by atoms with van der Waals surface area (Å²) in [5.74, 6) is 1.53. The van der Waals surface area contributed by atoms with E-state index in [1.54, 1.807) is 7.11 Å². The van der Waals surface area contributed by atoms with Crippen molar-refractivity contribution < 1.29 is 4.74 Å². The van der Waals surface area contributed by atoms with E-state index in [0.717, 1.165) is 23.3 Å². The highest BCUT2D eigenvalue weighted by atomic mass is 79.9. The topological polar surface area (TPSA) is 21.3 Å². The molecule has 1 rings (SSSR count). The van der Waals surface area contributed by atoms with Gasteiger partial charge in [0.25, 0.3) is 0 Å². The molecule has 0 aliphatic heterocycles. The van der Waals surface area contributed by atoms with Crippen LogP contribution in [0.25, 0.3) is 0 Å². The maximum absolute atomic E-state index is 5.22. The van der Waals surface area contributed by atoms with Crippen molar-refractivity contribution >= 4 is 15.9 Å². The van der Waals surface area contributed by atoms with Crippen LogP contribution in [0.2, 0.25) is 0 Å². The van der Waals surface area contributed by atoms with E-state index in [2.05, 4.69) is 61.1 Å². The van der Waals surface area contributed by atoms with Crippen LogP contribution in [0.4, 0.5) is 0 Å². The first-order valence-electron chi connectivity index (χ1n) is 6.37. The van der Waals surface area contributed by atoms with Gasteiger partial charge >= 0.3 is 0 Å². The number of hydrogen-bond donors (Lipinski definition) is 1. The molecule has 0 radical (unpaired) electrons. The second-order valence-corrected chi connectivity index (χ2v) is 6.72. The summed E-state index contributed by atoms with van der Waals surface area (Å²) < 4.78 is 6.23. The maximum atomic E-state index is 5.22. The molecule has 0 saturated carbocycles. The fraction of sp³-hybridized carbons (Fsp3) is 0.600. The van der Waals surface area contributed by atoms with E-state index in [-0.39, 0.29) is 0 Å². The molecule has 0 aliphatic carbocycles. The van der Waals surface area contributed by atoms with Crippen LogP contribution in [-0.2, 0) is 6.54 Å². The lowest BCUT2D eigenvalue weighted by Gasteiger charge is -2.27. The smallest absolute Gasteiger partial charge is 0.133 e. The Kier molecular flexibility index (Phi) is 5.67. The van der Waals surface area contributed by atoms with E-state index in [1.807, 2.05) is 6.07 Å². The minimum absolute atomic E-state index is 0.355. The zero-order valence-corrected chi connectivity index (χ0v) is 13.6. The predicted octanol–water partition coefficient (Wildman–Crippen LogP) is 4.23. The van der Waals surface area contributed by atoms with Crippen LogP contribution in [0.3, 0.4) is 0 Å². The van der Waals surface area contributed by atoms with Crippen molar-refractivity contribution in [2.75, 3.05) is 13.7 Å². The molecular formula is C15H24BrNO. The zero-order chi connectivity index (χ0) is 13.8. The Morgan fingerprint density at radius 2 is 2.00 bits per heavy atom. The SMILES string of the molecule is COc1ccc(CNCC(C)C(C)(C)C)cc1Br. The van der Waals surface area contributed by atoms with Crippen molar-refractivity contribution in [1.29, 1.82) is 0 Å². The molecule has 2 nitrogen and oxygen atoms in total. The molecule has 0 saturated heterocycles. The molecule has 3 heteroatoms. The van der Waals surface area contributed by atoms with Gasteiger partial charge in [0.2, 0.25) is 0 Å². The molecule has 1 N–H and O–H groups in total. The van der Waals surface area contributed by atoms with Crippen molar-refractivity contribution in [3.63, 3.8) is 0 Å². The van der Waals surface area contributed by atoms with Gasteiger partial charge in [-0.3, -0.25) is 0 Å². The van der Waals surface area contributed by atoms with Gasteiger partial charge in [0, 0.05) is 6.54 Å². The van der Waals surface area contributed by atoms with E-state index in [9.17, 15) is 0 Å². The van der Waals surface area contributed by atoms with Crippen LogP contribution in [0, 0.1) is 11.3 Å². The summed E-state index contributed by atoms with van der Waals surface area (Å²) in [6.07, 6.45) is 0. The van der Waals surface area contributed by atoms with Crippen LogP contribution in [0.15, 0.2) is 22.7 Å².